The van der Waals surface area contributed by atoms with Gasteiger partial charge in [-0.05, 0) is 17.4 Å². The largest absolute Gasteiger partial charge is 0.289 e. The van der Waals surface area contributed by atoms with Gasteiger partial charge in [-0.1, -0.05) is 62.4 Å². The van der Waals surface area contributed by atoms with Crippen LogP contribution in [0.4, 0.5) is 0 Å². The van der Waals surface area contributed by atoms with E-state index in [0.29, 0.717) is 24.9 Å². The van der Waals surface area contributed by atoms with Gasteiger partial charge in [-0.3, -0.25) is 19.6 Å². The van der Waals surface area contributed by atoms with Crippen molar-refractivity contribution in [1.82, 2.24) is 19.6 Å². The lowest BCUT2D eigenvalue weighted by Gasteiger charge is -2.45. The first kappa shape index (κ1) is 23.2. The third kappa shape index (κ3) is 6.30. The zero-order chi connectivity index (χ0) is 22.2. The van der Waals surface area contributed by atoms with Crippen LogP contribution in [0.2, 0.25) is 0 Å². The lowest BCUT2D eigenvalue weighted by atomic mass is 9.79. The lowest BCUT2D eigenvalue weighted by Crippen LogP contribution is -2.55. The van der Waals surface area contributed by atoms with E-state index in [9.17, 15) is 10.5 Å². The summed E-state index contributed by atoms with van der Waals surface area (Å²) in [6.07, 6.45) is 6.89. The summed E-state index contributed by atoms with van der Waals surface area (Å²) in [5.41, 5.74) is 1.37. The van der Waals surface area contributed by atoms with Gasteiger partial charge in [0.15, 0.2) is 0 Å². The number of hydrogen-bond donors (Lipinski definition) is 0. The van der Waals surface area contributed by atoms with Crippen LogP contribution < -0.4 is 0 Å². The highest BCUT2D eigenvalue weighted by atomic mass is 15.4. The molecule has 0 N–H and O–H groups in total. The Kier molecular flexibility index (Phi) is 8.54. The van der Waals surface area contributed by atoms with Crippen molar-refractivity contribution in [1.29, 1.82) is 10.5 Å². The Balaban J connectivity index is 1.36. The van der Waals surface area contributed by atoms with Crippen LogP contribution in [-0.4, -0.2) is 85.3 Å². The summed E-state index contributed by atoms with van der Waals surface area (Å²) in [6.45, 7) is 9.13. The summed E-state index contributed by atoms with van der Waals surface area (Å²) in [4.78, 5) is 9.75. The van der Waals surface area contributed by atoms with Crippen LogP contribution in [0, 0.1) is 34.5 Å². The molecule has 1 aliphatic carbocycles. The van der Waals surface area contributed by atoms with Gasteiger partial charge >= 0.3 is 0 Å². The third-order valence-electron chi connectivity index (χ3n) is 7.65. The Bertz CT molecular complexity index is 778. The summed E-state index contributed by atoms with van der Waals surface area (Å²) in [6, 6.07) is 15.5. The van der Waals surface area contributed by atoms with Gasteiger partial charge in [-0.15, -0.1) is 0 Å². The minimum Gasteiger partial charge on any atom is -0.289 e. The molecule has 172 valence electrons. The van der Waals surface area contributed by atoms with Crippen LogP contribution in [-0.2, 0) is 0 Å². The predicted octanol–water partition coefficient (Wildman–Crippen LogP) is 3.16. The molecule has 1 saturated carbocycles. The van der Waals surface area contributed by atoms with Crippen molar-refractivity contribution < 1.29 is 0 Å². The van der Waals surface area contributed by atoms with E-state index < -0.39 is 0 Å². The van der Waals surface area contributed by atoms with Gasteiger partial charge < -0.3 is 0 Å². The van der Waals surface area contributed by atoms with Crippen molar-refractivity contribution in [3.63, 3.8) is 0 Å². The molecule has 2 heterocycles. The molecule has 32 heavy (non-hydrogen) atoms. The van der Waals surface area contributed by atoms with Crippen LogP contribution >= 0.6 is 0 Å². The van der Waals surface area contributed by atoms with Gasteiger partial charge in [-0.2, -0.15) is 10.5 Å². The van der Waals surface area contributed by atoms with Gasteiger partial charge in [0.25, 0.3) is 0 Å². The average Bonchev–Trinajstić information content (AvgIpc) is 2.84. The minimum absolute atomic E-state index is 0.449. The fourth-order valence-electron chi connectivity index (χ4n) is 6.07. The molecule has 3 aliphatic rings. The van der Waals surface area contributed by atoms with Crippen LogP contribution in [0.15, 0.2) is 30.3 Å². The van der Waals surface area contributed by atoms with E-state index in [4.69, 9.17) is 0 Å². The van der Waals surface area contributed by atoms with Crippen molar-refractivity contribution in [3.8, 4) is 12.1 Å². The molecule has 0 bridgehead atoms. The zero-order valence-electron chi connectivity index (χ0n) is 19.4. The zero-order valence-corrected chi connectivity index (χ0v) is 19.4. The van der Waals surface area contributed by atoms with Crippen molar-refractivity contribution in [2.75, 3.05) is 65.7 Å². The third-order valence-corrected chi connectivity index (χ3v) is 7.65. The standard InChI is InChI=1S/C26H38N6/c27-11-13-29-17-25(23-7-3-1-4-8-23)19-31(21-29)15-16-32-20-26(18-30(22-32)14-12-28)24-9-5-2-6-10-24/h1,3-4,7-8,24-26H,2,5-6,9-10,13-22H2. The maximum absolute atomic E-state index is 9.30. The summed E-state index contributed by atoms with van der Waals surface area (Å²) < 4.78 is 0. The number of rotatable bonds is 7. The lowest BCUT2D eigenvalue weighted by molar-refractivity contribution is 0.0108. The van der Waals surface area contributed by atoms with Crippen LogP contribution in [0.1, 0.15) is 43.6 Å². The molecule has 6 nitrogen and oxygen atoms in total. The van der Waals surface area contributed by atoms with E-state index >= 15 is 0 Å². The summed E-state index contributed by atoms with van der Waals surface area (Å²) in [5, 5.41) is 18.6. The molecule has 1 aromatic carbocycles. The monoisotopic (exact) mass is 434 g/mol. The molecule has 0 radical (unpaired) electrons. The highest BCUT2D eigenvalue weighted by Gasteiger charge is 2.32. The summed E-state index contributed by atoms with van der Waals surface area (Å²) in [5.74, 6) is 1.98. The van der Waals surface area contributed by atoms with E-state index in [0.717, 1.165) is 52.0 Å². The van der Waals surface area contributed by atoms with Gasteiger partial charge in [0, 0.05) is 45.2 Å². The topological polar surface area (TPSA) is 60.5 Å². The molecule has 1 aromatic rings. The summed E-state index contributed by atoms with van der Waals surface area (Å²) >= 11 is 0. The Morgan fingerprint density at radius 2 is 1.25 bits per heavy atom. The molecule has 0 amide bonds. The molecular weight excluding hydrogens is 396 g/mol. The number of nitrogens with zero attached hydrogens (tertiary/aromatic N) is 6. The molecule has 2 unspecified atom stereocenters. The van der Waals surface area contributed by atoms with Crippen LogP contribution in [0.25, 0.3) is 0 Å². The first-order valence-electron chi connectivity index (χ1n) is 12.4. The van der Waals surface area contributed by atoms with Crippen LogP contribution in [0.3, 0.4) is 0 Å². The quantitative estimate of drug-likeness (QED) is 0.615. The van der Waals surface area contributed by atoms with Gasteiger partial charge in [0.05, 0.1) is 38.6 Å². The van der Waals surface area contributed by atoms with Crippen molar-refractivity contribution in [2.45, 2.75) is 38.0 Å². The van der Waals surface area contributed by atoms with Gasteiger partial charge in [-0.25, -0.2) is 0 Å². The van der Waals surface area contributed by atoms with Gasteiger partial charge in [0.1, 0.15) is 0 Å². The molecule has 0 spiro atoms. The van der Waals surface area contributed by atoms with Crippen molar-refractivity contribution in [2.24, 2.45) is 11.8 Å². The highest BCUT2D eigenvalue weighted by molar-refractivity contribution is 5.21. The van der Waals surface area contributed by atoms with Crippen LogP contribution in [0.5, 0.6) is 0 Å². The summed E-state index contributed by atoms with van der Waals surface area (Å²) in [7, 11) is 0. The molecule has 4 rings (SSSR count). The number of benzene rings is 1. The number of hydrogen-bond acceptors (Lipinski definition) is 6. The average molecular weight is 435 g/mol. The second kappa shape index (κ2) is 11.8. The fourth-order valence-corrected chi connectivity index (χ4v) is 6.07. The first-order valence-corrected chi connectivity index (χ1v) is 12.4. The molecule has 2 atom stereocenters. The molecule has 3 fully saturated rings. The number of nitriles is 2. The van der Waals surface area contributed by atoms with Crippen molar-refractivity contribution >= 4 is 0 Å². The minimum atomic E-state index is 0.449. The second-order valence-electron chi connectivity index (χ2n) is 10.0. The normalized spacial score (nSPS) is 27.1. The molecule has 0 aromatic heterocycles. The SMILES string of the molecule is N#CCN1CC(c2ccccc2)CN(CCN2CC(C3CCCCC3)CN(CC#N)C2)C1. The Morgan fingerprint density at radius 1 is 0.688 bits per heavy atom. The maximum atomic E-state index is 9.30. The van der Waals surface area contributed by atoms with E-state index in [-0.39, 0.29) is 0 Å². The second-order valence-corrected chi connectivity index (χ2v) is 10.0. The van der Waals surface area contributed by atoms with E-state index in [1.165, 1.54) is 44.2 Å². The first-order chi connectivity index (χ1) is 15.7. The molecule has 6 heteroatoms. The van der Waals surface area contributed by atoms with Crippen molar-refractivity contribution in [3.05, 3.63) is 35.9 Å². The Morgan fingerprint density at radius 3 is 1.91 bits per heavy atom. The molecule has 2 aliphatic heterocycles. The van der Waals surface area contributed by atoms with E-state index in [1.807, 2.05) is 0 Å². The fraction of sp³-hybridized carbons (Fsp3) is 0.692. The Hall–Kier alpha value is -1.96. The predicted molar refractivity (Wildman–Crippen MR) is 127 cm³/mol. The maximum Gasteiger partial charge on any atom is 0.0876 e. The highest BCUT2D eigenvalue weighted by Crippen LogP contribution is 2.32. The smallest absolute Gasteiger partial charge is 0.0876 e. The van der Waals surface area contributed by atoms with E-state index in [2.05, 4.69) is 62.1 Å². The molecule has 2 saturated heterocycles. The molecular formula is C26H38N6. The van der Waals surface area contributed by atoms with E-state index in [1.54, 1.807) is 0 Å². The Labute approximate surface area is 194 Å². The van der Waals surface area contributed by atoms with Gasteiger partial charge in [0.2, 0.25) is 0 Å².